The second kappa shape index (κ2) is 14.3. The first kappa shape index (κ1) is 31.9. The number of carbonyl (C=O) groups excluding carboxylic acids is 1. The lowest BCUT2D eigenvalue weighted by atomic mass is 10.2. The molecule has 1 amide bonds. The molecule has 0 radical (unpaired) electrons. The fraction of sp³-hybridized carbons (Fsp3) is 0.321. The number of rotatable bonds is 14. The van der Waals surface area contributed by atoms with Crippen LogP contribution in [0.4, 0.5) is 28.8 Å². The van der Waals surface area contributed by atoms with Crippen molar-refractivity contribution in [1.29, 1.82) is 0 Å². The Morgan fingerprint density at radius 1 is 1.12 bits per heavy atom. The number of para-hydroxylation sites is 1. The van der Waals surface area contributed by atoms with Crippen molar-refractivity contribution in [1.82, 2.24) is 14.9 Å². The van der Waals surface area contributed by atoms with Gasteiger partial charge in [-0.3, -0.25) is 4.79 Å². The molecular formula is C28H36ClN6O5P. The Morgan fingerprint density at radius 3 is 2.49 bits per heavy atom. The molecule has 41 heavy (non-hydrogen) atoms. The molecule has 0 aliphatic carbocycles. The van der Waals surface area contributed by atoms with Gasteiger partial charge in [0.25, 0.3) is 0 Å². The van der Waals surface area contributed by atoms with Gasteiger partial charge in [-0.05, 0) is 51.7 Å². The Morgan fingerprint density at radius 2 is 1.85 bits per heavy atom. The van der Waals surface area contributed by atoms with Crippen molar-refractivity contribution >= 4 is 58.8 Å². The summed E-state index contributed by atoms with van der Waals surface area (Å²) >= 11 is 6.41. The molecule has 0 spiro atoms. The molecule has 11 nitrogen and oxygen atoms in total. The molecule has 3 N–H and O–H groups in total. The second-order valence-electron chi connectivity index (χ2n) is 9.71. The normalized spacial score (nSPS) is 12.0. The number of halogens is 1. The number of amides is 1. The van der Waals surface area contributed by atoms with Gasteiger partial charge in [0.15, 0.2) is 5.82 Å². The highest BCUT2D eigenvalue weighted by atomic mass is 35.5. The Bertz CT molecular complexity index is 1430. The van der Waals surface area contributed by atoms with Gasteiger partial charge in [0.05, 0.1) is 37.0 Å². The zero-order chi connectivity index (χ0) is 30.2. The quantitative estimate of drug-likeness (QED) is 0.172. The minimum absolute atomic E-state index is 0.198. The minimum atomic E-state index is -2.58. The highest BCUT2D eigenvalue weighted by molar-refractivity contribution is 7.70. The lowest BCUT2D eigenvalue weighted by Gasteiger charge is -2.24. The van der Waals surface area contributed by atoms with E-state index >= 15 is 0 Å². The summed E-state index contributed by atoms with van der Waals surface area (Å²) < 4.78 is 30.0. The van der Waals surface area contributed by atoms with Crippen LogP contribution in [0.2, 0.25) is 5.02 Å². The molecule has 2 aromatic carbocycles. The average Bonchev–Trinajstić information content (AvgIpc) is 2.91. The lowest BCUT2D eigenvalue weighted by molar-refractivity contribution is -0.111. The molecule has 3 rings (SSSR count). The molecule has 1 unspecified atom stereocenters. The van der Waals surface area contributed by atoms with E-state index < -0.39 is 13.0 Å². The second-order valence-corrected chi connectivity index (χ2v) is 13.3. The predicted molar refractivity (Wildman–Crippen MR) is 166 cm³/mol. The highest BCUT2D eigenvalue weighted by Gasteiger charge is 2.20. The number of nitrogens with zero attached hydrogens (tertiary/aromatic N) is 3. The van der Waals surface area contributed by atoms with Crippen LogP contribution in [0.1, 0.15) is 0 Å². The molecule has 0 saturated carbocycles. The Kier molecular flexibility index (Phi) is 11.1. The Labute approximate surface area is 245 Å². The van der Waals surface area contributed by atoms with E-state index in [1.165, 1.54) is 13.3 Å². The fourth-order valence-corrected chi connectivity index (χ4v) is 5.21. The maximum absolute atomic E-state index is 12.8. The Hall–Kier alpha value is -3.63. The fourth-order valence-electron chi connectivity index (χ4n) is 3.92. The van der Waals surface area contributed by atoms with E-state index in [1.54, 1.807) is 38.6 Å². The van der Waals surface area contributed by atoms with E-state index in [1.807, 2.05) is 37.2 Å². The van der Waals surface area contributed by atoms with Crippen molar-refractivity contribution in [3.05, 3.63) is 60.3 Å². The van der Waals surface area contributed by atoms with Gasteiger partial charge in [-0.2, -0.15) is 4.98 Å². The van der Waals surface area contributed by atoms with Gasteiger partial charge in [0.1, 0.15) is 29.8 Å². The molecule has 1 aromatic heterocycles. The summed E-state index contributed by atoms with van der Waals surface area (Å²) in [4.78, 5) is 23.1. The third-order valence-corrected chi connectivity index (χ3v) is 7.51. The zero-order valence-corrected chi connectivity index (χ0v) is 25.7. The first-order valence-corrected chi connectivity index (χ1v) is 15.6. The summed E-state index contributed by atoms with van der Waals surface area (Å²) in [7, 11) is 4.38. The number of carbonyl (C=O) groups is 1. The van der Waals surface area contributed by atoms with Crippen LogP contribution in [-0.4, -0.2) is 81.7 Å². The average molecular weight is 603 g/mol. The zero-order valence-electron chi connectivity index (χ0n) is 24.0. The van der Waals surface area contributed by atoms with Crippen LogP contribution in [0, 0.1) is 0 Å². The summed E-state index contributed by atoms with van der Waals surface area (Å²) in [5.41, 5.74) is 1.46. The number of methoxy groups -OCH3 is 2. The summed E-state index contributed by atoms with van der Waals surface area (Å²) in [6, 6.07) is 10.6. The number of aromatic nitrogens is 2. The van der Waals surface area contributed by atoms with Crippen LogP contribution in [0.15, 0.2) is 55.3 Å². The van der Waals surface area contributed by atoms with Crippen LogP contribution in [0.25, 0.3) is 0 Å². The number of hydrogen-bond donors (Lipinski definition) is 3. The van der Waals surface area contributed by atoms with Crippen molar-refractivity contribution in [2.24, 2.45) is 0 Å². The summed E-state index contributed by atoms with van der Waals surface area (Å²) in [6.45, 7) is 7.84. The van der Waals surface area contributed by atoms with Crippen molar-refractivity contribution in [2.75, 3.05) is 70.7 Å². The van der Waals surface area contributed by atoms with Crippen molar-refractivity contribution in [2.45, 2.75) is 6.10 Å². The number of nitrogens with one attached hydrogen (secondary N) is 3. The van der Waals surface area contributed by atoms with Crippen LogP contribution in [-0.2, 0) is 14.1 Å². The minimum Gasteiger partial charge on any atom is -0.494 e. The molecule has 0 aliphatic heterocycles. The maximum atomic E-state index is 12.8. The molecule has 0 saturated heterocycles. The number of likely N-dealkylation sites (N-methyl/N-ethyl adjacent to an activating group) is 1. The number of hydrogen-bond acceptors (Lipinski definition) is 10. The molecule has 1 atom stereocenters. The number of anilines is 5. The van der Waals surface area contributed by atoms with Crippen LogP contribution in [0.5, 0.6) is 11.5 Å². The third-order valence-electron chi connectivity index (χ3n) is 5.69. The van der Waals surface area contributed by atoms with Gasteiger partial charge >= 0.3 is 0 Å². The van der Waals surface area contributed by atoms with E-state index in [4.69, 9.17) is 25.8 Å². The largest absolute Gasteiger partial charge is 0.494 e. The lowest BCUT2D eigenvalue weighted by Crippen LogP contribution is -2.34. The smallest absolute Gasteiger partial charge is 0.247 e. The monoisotopic (exact) mass is 602 g/mol. The van der Waals surface area contributed by atoms with E-state index in [2.05, 4.69) is 32.5 Å². The first-order chi connectivity index (χ1) is 19.4. The molecule has 0 aliphatic rings. The van der Waals surface area contributed by atoms with Gasteiger partial charge in [-0.1, -0.05) is 30.3 Å². The first-order valence-electron chi connectivity index (χ1n) is 12.6. The molecule has 3 aromatic rings. The topological polar surface area (TPSA) is 127 Å². The molecule has 13 heteroatoms. The van der Waals surface area contributed by atoms with Crippen LogP contribution < -0.4 is 30.7 Å². The molecular weight excluding hydrogens is 567 g/mol. The van der Waals surface area contributed by atoms with Gasteiger partial charge in [0.2, 0.25) is 11.9 Å². The van der Waals surface area contributed by atoms with E-state index in [-0.39, 0.29) is 17.1 Å². The van der Waals surface area contributed by atoms with E-state index in [9.17, 15) is 9.36 Å². The van der Waals surface area contributed by atoms with Gasteiger partial charge in [0, 0.05) is 25.0 Å². The molecule has 0 fully saturated rings. The summed E-state index contributed by atoms with van der Waals surface area (Å²) in [5.74, 6) is 0.887. The van der Waals surface area contributed by atoms with Gasteiger partial charge in [-0.15, -0.1) is 0 Å². The number of ether oxygens (including phenoxy) is 3. The molecule has 1 heterocycles. The van der Waals surface area contributed by atoms with Gasteiger partial charge in [-0.25, -0.2) is 4.98 Å². The molecule has 0 bridgehead atoms. The molecule has 220 valence electrons. The van der Waals surface area contributed by atoms with Crippen LogP contribution >= 0.6 is 18.7 Å². The number of benzene rings is 2. The summed E-state index contributed by atoms with van der Waals surface area (Å²) in [6.07, 6.45) is 2.28. The van der Waals surface area contributed by atoms with Crippen LogP contribution in [0.3, 0.4) is 0 Å². The predicted octanol–water partition coefficient (Wildman–Crippen LogP) is 4.95. The highest BCUT2D eigenvalue weighted by Crippen LogP contribution is 2.40. The maximum Gasteiger partial charge on any atom is 0.247 e. The Balaban J connectivity index is 1.99. The summed E-state index contributed by atoms with van der Waals surface area (Å²) in [5, 5.41) is 10.0. The van der Waals surface area contributed by atoms with Crippen molar-refractivity contribution < 1.29 is 23.6 Å². The van der Waals surface area contributed by atoms with Crippen molar-refractivity contribution in [3.63, 3.8) is 0 Å². The van der Waals surface area contributed by atoms with E-state index in [0.29, 0.717) is 52.8 Å². The van der Waals surface area contributed by atoms with E-state index in [0.717, 1.165) is 6.08 Å². The van der Waals surface area contributed by atoms with Crippen molar-refractivity contribution in [3.8, 4) is 11.5 Å². The standard InChI is InChI=1S/C28H36ClN6O5P/c1-8-26(36)31-22-13-21(23(39-5)14-24(22)40-18(17-38-4)16-35(2)3)33-28-30-15-19(29)27(34-28)32-20-11-9-10-12-25(20)41(6,7)37/h8-15,18H,1,16-17H2,2-7H3,(H,31,36)(H2,30,32,33,34). The third kappa shape index (κ3) is 8.93. The SMILES string of the molecule is C=CC(=O)Nc1cc(Nc2ncc(Cl)c(Nc3ccccc3P(C)(C)=O)n2)c(OC)cc1OC(COC)CN(C)C. The van der Waals surface area contributed by atoms with Gasteiger partial charge < -0.3 is 39.6 Å².